The number of esters is 1. The van der Waals surface area contributed by atoms with Crippen LogP contribution in [0.4, 0.5) is 5.69 Å². The third-order valence-corrected chi connectivity index (χ3v) is 1.79. The first-order valence-electron chi connectivity index (χ1n) is 4.82. The summed E-state index contributed by atoms with van der Waals surface area (Å²) in [6.07, 6.45) is -0.619. The summed E-state index contributed by atoms with van der Waals surface area (Å²) in [5.41, 5.74) is 6.17. The van der Waals surface area contributed by atoms with E-state index in [0.29, 0.717) is 18.0 Å². The molecular formula is C11H15NO3. The Kier molecular flexibility index (Phi) is 3.97. The zero-order chi connectivity index (χ0) is 11.3. The van der Waals surface area contributed by atoms with Crippen LogP contribution in [-0.2, 0) is 9.53 Å². The fraction of sp³-hybridized carbons (Fsp3) is 0.364. The van der Waals surface area contributed by atoms with E-state index in [9.17, 15) is 4.79 Å². The minimum atomic E-state index is -0.619. The van der Waals surface area contributed by atoms with Crippen LogP contribution in [0.15, 0.2) is 24.3 Å². The van der Waals surface area contributed by atoms with E-state index < -0.39 is 6.10 Å². The summed E-state index contributed by atoms with van der Waals surface area (Å²) in [6, 6.07) is 6.92. The number of ether oxygens (including phenoxy) is 2. The van der Waals surface area contributed by atoms with E-state index in [-0.39, 0.29) is 5.97 Å². The quantitative estimate of drug-likeness (QED) is 0.604. The Morgan fingerprint density at radius 3 is 2.87 bits per heavy atom. The van der Waals surface area contributed by atoms with Gasteiger partial charge in [-0.05, 0) is 26.0 Å². The normalized spacial score (nSPS) is 11.9. The van der Waals surface area contributed by atoms with Crippen LogP contribution in [0.2, 0.25) is 0 Å². The first kappa shape index (κ1) is 11.4. The van der Waals surface area contributed by atoms with E-state index in [2.05, 4.69) is 0 Å². The van der Waals surface area contributed by atoms with Gasteiger partial charge in [-0.1, -0.05) is 6.07 Å². The van der Waals surface area contributed by atoms with Gasteiger partial charge in [0, 0.05) is 11.8 Å². The van der Waals surface area contributed by atoms with Crippen LogP contribution in [0.5, 0.6) is 5.75 Å². The number of rotatable bonds is 4. The summed E-state index contributed by atoms with van der Waals surface area (Å²) >= 11 is 0. The number of benzene rings is 1. The number of anilines is 1. The molecule has 1 aromatic carbocycles. The highest BCUT2D eigenvalue weighted by Gasteiger charge is 2.15. The van der Waals surface area contributed by atoms with Gasteiger partial charge in [-0.15, -0.1) is 0 Å². The molecule has 0 aliphatic rings. The molecule has 0 spiro atoms. The average molecular weight is 209 g/mol. The van der Waals surface area contributed by atoms with Crippen LogP contribution in [0, 0.1) is 0 Å². The number of nitrogen functional groups attached to an aromatic ring is 1. The zero-order valence-electron chi connectivity index (χ0n) is 8.90. The second-order valence-corrected chi connectivity index (χ2v) is 3.08. The van der Waals surface area contributed by atoms with E-state index in [1.807, 2.05) is 0 Å². The molecule has 0 aromatic heterocycles. The molecule has 0 aliphatic heterocycles. The number of carbonyl (C=O) groups excluding carboxylic acids is 1. The first-order chi connectivity index (χ1) is 7.13. The molecule has 1 rings (SSSR count). The zero-order valence-corrected chi connectivity index (χ0v) is 8.90. The maximum atomic E-state index is 11.3. The van der Waals surface area contributed by atoms with Gasteiger partial charge in [-0.25, -0.2) is 4.79 Å². The van der Waals surface area contributed by atoms with Crippen LogP contribution >= 0.6 is 0 Å². The van der Waals surface area contributed by atoms with Crippen LogP contribution in [0.25, 0.3) is 0 Å². The lowest BCUT2D eigenvalue weighted by Gasteiger charge is -2.13. The maximum absolute atomic E-state index is 11.3. The van der Waals surface area contributed by atoms with Crippen molar-refractivity contribution in [2.24, 2.45) is 0 Å². The van der Waals surface area contributed by atoms with Crippen molar-refractivity contribution < 1.29 is 14.3 Å². The molecule has 0 fully saturated rings. The van der Waals surface area contributed by atoms with E-state index >= 15 is 0 Å². The topological polar surface area (TPSA) is 61.5 Å². The number of nitrogens with two attached hydrogens (primary N) is 1. The Bertz CT molecular complexity index is 338. The molecule has 82 valence electrons. The first-order valence-corrected chi connectivity index (χ1v) is 4.82. The molecule has 0 aliphatic carbocycles. The van der Waals surface area contributed by atoms with Crippen LogP contribution in [0.3, 0.4) is 0 Å². The molecule has 2 N–H and O–H groups in total. The molecule has 0 amide bonds. The molecule has 0 bridgehead atoms. The van der Waals surface area contributed by atoms with E-state index in [1.165, 1.54) is 0 Å². The molecule has 0 saturated heterocycles. The van der Waals surface area contributed by atoms with Crippen LogP contribution in [0.1, 0.15) is 13.8 Å². The molecule has 1 unspecified atom stereocenters. The van der Waals surface area contributed by atoms with E-state index in [1.54, 1.807) is 38.1 Å². The third kappa shape index (κ3) is 3.50. The van der Waals surface area contributed by atoms with Crippen molar-refractivity contribution >= 4 is 11.7 Å². The third-order valence-electron chi connectivity index (χ3n) is 1.79. The molecule has 0 radical (unpaired) electrons. The lowest BCUT2D eigenvalue weighted by molar-refractivity contribution is -0.150. The second kappa shape index (κ2) is 5.24. The Morgan fingerprint density at radius 2 is 2.27 bits per heavy atom. The van der Waals surface area contributed by atoms with Gasteiger partial charge in [0.05, 0.1) is 6.61 Å². The monoisotopic (exact) mass is 209 g/mol. The van der Waals surface area contributed by atoms with Gasteiger partial charge in [0.25, 0.3) is 0 Å². The lowest BCUT2D eigenvalue weighted by Crippen LogP contribution is -2.26. The van der Waals surface area contributed by atoms with Gasteiger partial charge < -0.3 is 15.2 Å². The lowest BCUT2D eigenvalue weighted by atomic mass is 10.3. The highest BCUT2D eigenvalue weighted by Crippen LogP contribution is 2.16. The van der Waals surface area contributed by atoms with Gasteiger partial charge in [0.2, 0.25) is 0 Å². The van der Waals surface area contributed by atoms with Crippen molar-refractivity contribution in [2.45, 2.75) is 20.0 Å². The minimum absolute atomic E-state index is 0.351. The second-order valence-electron chi connectivity index (χ2n) is 3.08. The summed E-state index contributed by atoms with van der Waals surface area (Å²) in [4.78, 5) is 11.3. The van der Waals surface area contributed by atoms with Crippen LogP contribution in [-0.4, -0.2) is 18.7 Å². The number of carbonyl (C=O) groups is 1. The summed E-state index contributed by atoms with van der Waals surface area (Å²) in [5.74, 6) is 0.190. The van der Waals surface area contributed by atoms with Gasteiger partial charge in [-0.2, -0.15) is 0 Å². The Morgan fingerprint density at radius 1 is 1.53 bits per heavy atom. The highest BCUT2D eigenvalue weighted by atomic mass is 16.6. The van der Waals surface area contributed by atoms with Crippen molar-refractivity contribution in [3.05, 3.63) is 24.3 Å². The standard InChI is InChI=1S/C11H15NO3/c1-3-14-11(13)8(2)15-10-6-4-5-9(12)7-10/h4-8H,3,12H2,1-2H3. The summed E-state index contributed by atoms with van der Waals surface area (Å²) in [6.45, 7) is 3.75. The molecule has 1 aromatic rings. The van der Waals surface area contributed by atoms with Crippen molar-refractivity contribution in [2.75, 3.05) is 12.3 Å². The Hall–Kier alpha value is -1.71. The number of hydrogen-bond acceptors (Lipinski definition) is 4. The van der Waals surface area contributed by atoms with Crippen molar-refractivity contribution in [3.63, 3.8) is 0 Å². The van der Waals surface area contributed by atoms with Gasteiger partial charge in [0.1, 0.15) is 5.75 Å². The molecule has 4 nitrogen and oxygen atoms in total. The molecule has 15 heavy (non-hydrogen) atoms. The predicted molar refractivity (Wildman–Crippen MR) is 57.6 cm³/mol. The maximum Gasteiger partial charge on any atom is 0.347 e. The summed E-state index contributed by atoms with van der Waals surface area (Å²) < 4.78 is 10.2. The number of hydrogen-bond donors (Lipinski definition) is 1. The average Bonchev–Trinajstić information content (AvgIpc) is 2.18. The Balaban J connectivity index is 2.58. The van der Waals surface area contributed by atoms with Gasteiger partial charge in [0.15, 0.2) is 6.10 Å². The fourth-order valence-corrected chi connectivity index (χ4v) is 1.10. The molecule has 0 saturated carbocycles. The Labute approximate surface area is 89.0 Å². The van der Waals surface area contributed by atoms with Gasteiger partial charge in [-0.3, -0.25) is 0 Å². The summed E-state index contributed by atoms with van der Waals surface area (Å²) in [7, 11) is 0. The predicted octanol–water partition coefficient (Wildman–Crippen LogP) is 1.60. The van der Waals surface area contributed by atoms with Crippen LogP contribution < -0.4 is 10.5 Å². The van der Waals surface area contributed by atoms with E-state index in [4.69, 9.17) is 15.2 Å². The molecule has 4 heteroatoms. The minimum Gasteiger partial charge on any atom is -0.479 e. The largest absolute Gasteiger partial charge is 0.479 e. The molecule has 0 heterocycles. The summed E-state index contributed by atoms with van der Waals surface area (Å²) in [5, 5.41) is 0. The van der Waals surface area contributed by atoms with Crippen molar-refractivity contribution in [1.29, 1.82) is 0 Å². The molecular weight excluding hydrogens is 194 g/mol. The smallest absolute Gasteiger partial charge is 0.347 e. The fourth-order valence-electron chi connectivity index (χ4n) is 1.10. The highest BCUT2D eigenvalue weighted by molar-refractivity contribution is 5.74. The molecule has 1 atom stereocenters. The SMILES string of the molecule is CCOC(=O)C(C)Oc1cccc(N)c1. The van der Waals surface area contributed by atoms with Gasteiger partial charge >= 0.3 is 5.97 Å². The van der Waals surface area contributed by atoms with E-state index in [0.717, 1.165) is 0 Å². The van der Waals surface area contributed by atoms with Crippen molar-refractivity contribution in [1.82, 2.24) is 0 Å². The van der Waals surface area contributed by atoms with Crippen molar-refractivity contribution in [3.8, 4) is 5.75 Å².